The fourth-order valence-electron chi connectivity index (χ4n) is 2.43. The molecule has 0 aliphatic carbocycles. The van der Waals surface area contributed by atoms with E-state index in [0.29, 0.717) is 25.2 Å². The van der Waals surface area contributed by atoms with Crippen LogP contribution in [0.2, 0.25) is 0 Å². The average Bonchev–Trinajstić information content (AvgIpc) is 3.17. The molecule has 0 saturated heterocycles. The number of rotatable bonds is 6. The van der Waals surface area contributed by atoms with Crippen molar-refractivity contribution in [3.63, 3.8) is 0 Å². The van der Waals surface area contributed by atoms with Gasteiger partial charge in [0, 0.05) is 12.2 Å². The second kappa shape index (κ2) is 8.57. The van der Waals surface area contributed by atoms with Crippen LogP contribution in [0.4, 0.5) is 5.69 Å². The molecule has 0 unspecified atom stereocenters. The third kappa shape index (κ3) is 5.01. The van der Waals surface area contributed by atoms with Crippen LogP contribution in [-0.4, -0.2) is 33.1 Å². The first-order valence-electron chi connectivity index (χ1n) is 8.25. The highest BCUT2D eigenvalue weighted by Gasteiger charge is 2.13. The molecule has 3 aromatic rings. The molecule has 2 amide bonds. The number of aromatic nitrogens is 3. The Bertz CT molecular complexity index is 845. The Balaban J connectivity index is 1.45. The number of carbonyl (C=O) groups is 2. The Morgan fingerprint density at radius 3 is 2.38 bits per heavy atom. The van der Waals surface area contributed by atoms with Gasteiger partial charge < -0.3 is 10.6 Å². The molecule has 7 heteroatoms. The third-order valence-electron chi connectivity index (χ3n) is 3.77. The first kappa shape index (κ1) is 17.3. The Labute approximate surface area is 151 Å². The van der Waals surface area contributed by atoms with Crippen LogP contribution in [0.1, 0.15) is 11.1 Å². The molecular weight excluding hydrogens is 330 g/mol. The van der Waals surface area contributed by atoms with Crippen molar-refractivity contribution >= 4 is 17.5 Å². The molecule has 0 atom stereocenters. The lowest BCUT2D eigenvalue weighted by Crippen LogP contribution is -2.36. The molecule has 0 aliphatic heterocycles. The van der Waals surface area contributed by atoms with Gasteiger partial charge >= 0.3 is 11.8 Å². The Kier molecular flexibility index (Phi) is 5.72. The van der Waals surface area contributed by atoms with E-state index in [9.17, 15) is 9.59 Å². The summed E-state index contributed by atoms with van der Waals surface area (Å²) in [5.41, 5.74) is 2.69. The zero-order valence-corrected chi connectivity index (χ0v) is 14.1. The minimum absolute atomic E-state index is 0.410. The third-order valence-corrected chi connectivity index (χ3v) is 3.77. The number of nitrogens with one attached hydrogen (secondary N) is 2. The lowest BCUT2D eigenvalue weighted by molar-refractivity contribution is -0.136. The van der Waals surface area contributed by atoms with Gasteiger partial charge in [-0.05, 0) is 29.7 Å². The molecule has 3 rings (SSSR count). The standard InChI is InChI=1S/C19H19N5O2/c25-18(21-11-10-15-4-2-1-3-5-15)19(26)23-17-8-6-16(7-9-17)12-24-14-20-13-22-24/h1-9,13-14H,10-12H2,(H,21,25)(H,23,26). The molecule has 0 saturated carbocycles. The summed E-state index contributed by atoms with van der Waals surface area (Å²) in [6.07, 6.45) is 3.79. The van der Waals surface area contributed by atoms with E-state index >= 15 is 0 Å². The molecule has 132 valence electrons. The zero-order chi connectivity index (χ0) is 18.2. The zero-order valence-electron chi connectivity index (χ0n) is 14.1. The van der Waals surface area contributed by atoms with Crippen molar-refractivity contribution in [2.75, 3.05) is 11.9 Å². The van der Waals surface area contributed by atoms with Gasteiger partial charge in [-0.15, -0.1) is 0 Å². The largest absolute Gasteiger partial charge is 0.347 e. The number of nitrogens with zero attached hydrogens (tertiary/aromatic N) is 3. The van der Waals surface area contributed by atoms with Crippen LogP contribution in [0.5, 0.6) is 0 Å². The smallest absolute Gasteiger partial charge is 0.313 e. The summed E-state index contributed by atoms with van der Waals surface area (Å²) in [6, 6.07) is 17.0. The molecule has 26 heavy (non-hydrogen) atoms. The summed E-state index contributed by atoms with van der Waals surface area (Å²) in [5.74, 6) is -1.32. The summed E-state index contributed by atoms with van der Waals surface area (Å²) >= 11 is 0. The average molecular weight is 349 g/mol. The van der Waals surface area contributed by atoms with Crippen molar-refractivity contribution in [2.24, 2.45) is 0 Å². The fraction of sp³-hybridized carbons (Fsp3) is 0.158. The van der Waals surface area contributed by atoms with Gasteiger partial charge in [-0.3, -0.25) is 9.59 Å². The number of amides is 2. The van der Waals surface area contributed by atoms with E-state index in [-0.39, 0.29) is 0 Å². The molecule has 7 nitrogen and oxygen atoms in total. The van der Waals surface area contributed by atoms with E-state index in [1.54, 1.807) is 23.1 Å². The Hall–Kier alpha value is -3.48. The molecule has 1 aromatic heterocycles. The van der Waals surface area contributed by atoms with Gasteiger partial charge in [0.25, 0.3) is 0 Å². The highest BCUT2D eigenvalue weighted by molar-refractivity contribution is 6.39. The van der Waals surface area contributed by atoms with Gasteiger partial charge in [-0.1, -0.05) is 42.5 Å². The van der Waals surface area contributed by atoms with Gasteiger partial charge in [0.15, 0.2) is 0 Å². The fourth-order valence-corrected chi connectivity index (χ4v) is 2.43. The monoisotopic (exact) mass is 349 g/mol. The minimum atomic E-state index is -0.679. The van der Waals surface area contributed by atoms with Gasteiger partial charge in [0.1, 0.15) is 12.7 Å². The topological polar surface area (TPSA) is 88.9 Å². The Morgan fingerprint density at radius 1 is 0.923 bits per heavy atom. The molecule has 2 aromatic carbocycles. The van der Waals surface area contributed by atoms with Crippen molar-refractivity contribution in [1.82, 2.24) is 20.1 Å². The lowest BCUT2D eigenvalue weighted by Gasteiger charge is -2.08. The second-order valence-electron chi connectivity index (χ2n) is 5.74. The normalized spacial score (nSPS) is 10.3. The maximum atomic E-state index is 12.0. The summed E-state index contributed by atoms with van der Waals surface area (Å²) in [5, 5.41) is 9.25. The second-order valence-corrected chi connectivity index (χ2v) is 5.74. The molecule has 1 heterocycles. The molecule has 0 spiro atoms. The van der Waals surface area contributed by atoms with Gasteiger partial charge in [0.05, 0.1) is 6.54 Å². The first-order valence-corrected chi connectivity index (χ1v) is 8.25. The van der Waals surface area contributed by atoms with Crippen molar-refractivity contribution in [1.29, 1.82) is 0 Å². The van der Waals surface area contributed by atoms with Crippen LogP contribution < -0.4 is 10.6 Å². The van der Waals surface area contributed by atoms with E-state index in [2.05, 4.69) is 20.7 Å². The number of carbonyl (C=O) groups excluding carboxylic acids is 2. The highest BCUT2D eigenvalue weighted by Crippen LogP contribution is 2.10. The Morgan fingerprint density at radius 2 is 1.69 bits per heavy atom. The molecule has 0 aliphatic rings. The van der Waals surface area contributed by atoms with E-state index in [4.69, 9.17) is 0 Å². The van der Waals surface area contributed by atoms with Crippen molar-refractivity contribution in [2.45, 2.75) is 13.0 Å². The summed E-state index contributed by atoms with van der Waals surface area (Å²) in [4.78, 5) is 27.7. The van der Waals surface area contributed by atoms with Crippen LogP contribution >= 0.6 is 0 Å². The van der Waals surface area contributed by atoms with Crippen LogP contribution in [0, 0.1) is 0 Å². The predicted molar refractivity (Wildman–Crippen MR) is 97.4 cm³/mol. The van der Waals surface area contributed by atoms with E-state index in [0.717, 1.165) is 11.1 Å². The van der Waals surface area contributed by atoms with E-state index in [1.165, 1.54) is 6.33 Å². The van der Waals surface area contributed by atoms with E-state index in [1.807, 2.05) is 42.5 Å². The number of hydrogen-bond donors (Lipinski definition) is 2. The SMILES string of the molecule is O=C(NCCc1ccccc1)C(=O)Nc1ccc(Cn2cncn2)cc1. The van der Waals surface area contributed by atoms with Crippen molar-refractivity contribution in [3.05, 3.63) is 78.4 Å². The minimum Gasteiger partial charge on any atom is -0.347 e. The summed E-state index contributed by atoms with van der Waals surface area (Å²) < 4.78 is 1.70. The molecular formula is C19H19N5O2. The molecule has 2 N–H and O–H groups in total. The summed E-state index contributed by atoms with van der Waals surface area (Å²) in [7, 11) is 0. The predicted octanol–water partition coefficient (Wildman–Crippen LogP) is 1.62. The maximum Gasteiger partial charge on any atom is 0.313 e. The number of anilines is 1. The molecule has 0 fully saturated rings. The van der Waals surface area contributed by atoms with Gasteiger partial charge in [-0.2, -0.15) is 5.10 Å². The lowest BCUT2D eigenvalue weighted by atomic mass is 10.1. The van der Waals surface area contributed by atoms with Crippen LogP contribution in [0.25, 0.3) is 0 Å². The van der Waals surface area contributed by atoms with Gasteiger partial charge in [0.2, 0.25) is 0 Å². The highest BCUT2D eigenvalue weighted by atomic mass is 16.2. The van der Waals surface area contributed by atoms with Crippen LogP contribution in [0.15, 0.2) is 67.3 Å². The van der Waals surface area contributed by atoms with Gasteiger partial charge in [-0.25, -0.2) is 9.67 Å². The summed E-state index contributed by atoms with van der Waals surface area (Å²) in [6.45, 7) is 1.00. The number of benzene rings is 2. The number of hydrogen-bond acceptors (Lipinski definition) is 4. The van der Waals surface area contributed by atoms with E-state index < -0.39 is 11.8 Å². The first-order chi connectivity index (χ1) is 12.7. The van der Waals surface area contributed by atoms with Crippen LogP contribution in [-0.2, 0) is 22.6 Å². The molecule has 0 radical (unpaired) electrons. The van der Waals surface area contributed by atoms with Crippen LogP contribution in [0.3, 0.4) is 0 Å². The maximum absolute atomic E-state index is 12.0. The molecule has 0 bridgehead atoms. The van der Waals surface area contributed by atoms with Crippen molar-refractivity contribution < 1.29 is 9.59 Å². The quantitative estimate of drug-likeness (QED) is 0.662. The van der Waals surface area contributed by atoms with Crippen molar-refractivity contribution in [3.8, 4) is 0 Å².